The van der Waals surface area contributed by atoms with Gasteiger partial charge in [0.25, 0.3) is 0 Å². The van der Waals surface area contributed by atoms with Crippen molar-refractivity contribution in [2.24, 2.45) is 13.0 Å². The molecule has 3 aliphatic rings. The maximum absolute atomic E-state index is 4.84. The molecule has 0 spiro atoms. The molecule has 0 saturated carbocycles. The molecular weight excluding hydrogens is 314 g/mol. The molecule has 0 aliphatic carbocycles. The second-order valence-corrected chi connectivity index (χ2v) is 7.03. The Balaban J connectivity index is 1.57. The molecule has 0 aromatic carbocycles. The molecule has 0 amide bonds. The van der Waals surface area contributed by atoms with E-state index in [1.54, 1.807) is 12.4 Å². The van der Waals surface area contributed by atoms with Gasteiger partial charge >= 0.3 is 0 Å². The Hall–Kier alpha value is -2.54. The maximum Gasteiger partial charge on any atom is 0.164 e. The van der Waals surface area contributed by atoms with Crippen LogP contribution in [0.1, 0.15) is 12.8 Å². The molecule has 6 rings (SSSR count). The summed E-state index contributed by atoms with van der Waals surface area (Å²) in [6.45, 7) is 3.56. The number of nitrogens with one attached hydrogen (secondary N) is 1. The van der Waals surface area contributed by atoms with E-state index >= 15 is 0 Å². The van der Waals surface area contributed by atoms with Gasteiger partial charge in [0.15, 0.2) is 11.5 Å². The number of hydrogen-bond acceptors (Lipinski definition) is 6. The predicted octanol–water partition coefficient (Wildman–Crippen LogP) is 1.93. The van der Waals surface area contributed by atoms with Gasteiger partial charge in [0.1, 0.15) is 5.82 Å². The van der Waals surface area contributed by atoms with Gasteiger partial charge < -0.3 is 10.2 Å². The number of fused-ring (bicyclic) bond motifs is 4. The van der Waals surface area contributed by atoms with Crippen LogP contribution in [-0.2, 0) is 7.05 Å². The minimum atomic E-state index is 0.450. The van der Waals surface area contributed by atoms with Crippen LogP contribution in [0.5, 0.6) is 0 Å². The molecule has 3 aromatic heterocycles. The van der Waals surface area contributed by atoms with Crippen molar-refractivity contribution < 1.29 is 0 Å². The molecule has 1 N–H and O–H groups in total. The Labute approximate surface area is 146 Å². The van der Waals surface area contributed by atoms with Crippen molar-refractivity contribution in [3.8, 4) is 11.4 Å². The van der Waals surface area contributed by atoms with Gasteiger partial charge in [0.05, 0.1) is 11.6 Å². The highest BCUT2D eigenvalue weighted by atomic mass is 15.3. The van der Waals surface area contributed by atoms with Crippen LogP contribution in [0.3, 0.4) is 0 Å². The Morgan fingerprint density at radius 2 is 1.92 bits per heavy atom. The highest BCUT2D eigenvalue weighted by molar-refractivity contribution is 5.88. The molecule has 3 saturated heterocycles. The summed E-state index contributed by atoms with van der Waals surface area (Å²) in [7, 11) is 1.92. The summed E-state index contributed by atoms with van der Waals surface area (Å²) < 4.78 is 1.81. The smallest absolute Gasteiger partial charge is 0.164 e. The minimum absolute atomic E-state index is 0.450. The second kappa shape index (κ2) is 5.77. The highest BCUT2D eigenvalue weighted by Crippen LogP contribution is 2.31. The molecule has 3 fully saturated rings. The van der Waals surface area contributed by atoms with Crippen LogP contribution < -0.4 is 5.32 Å². The summed E-state index contributed by atoms with van der Waals surface area (Å²) >= 11 is 0. The van der Waals surface area contributed by atoms with E-state index in [0.717, 1.165) is 34.9 Å². The van der Waals surface area contributed by atoms with E-state index < -0.39 is 0 Å². The molecule has 3 aliphatic heterocycles. The van der Waals surface area contributed by atoms with E-state index in [9.17, 15) is 0 Å². The van der Waals surface area contributed by atoms with E-state index in [1.807, 2.05) is 30.1 Å². The Morgan fingerprint density at radius 1 is 1.12 bits per heavy atom. The minimum Gasteiger partial charge on any atom is -0.365 e. The van der Waals surface area contributed by atoms with E-state index in [-0.39, 0.29) is 0 Å². The lowest BCUT2D eigenvalue weighted by Crippen LogP contribution is -2.53. The third kappa shape index (κ3) is 2.55. The Bertz CT molecular complexity index is 896. The maximum atomic E-state index is 4.84. The van der Waals surface area contributed by atoms with Crippen LogP contribution in [0.15, 0.2) is 30.7 Å². The third-order valence-electron chi connectivity index (χ3n) is 5.51. The van der Waals surface area contributed by atoms with E-state index in [0.29, 0.717) is 11.9 Å². The molecule has 7 heteroatoms. The summed E-state index contributed by atoms with van der Waals surface area (Å²) in [4.78, 5) is 16.2. The van der Waals surface area contributed by atoms with Crippen molar-refractivity contribution in [3.05, 3.63) is 30.7 Å². The summed E-state index contributed by atoms with van der Waals surface area (Å²) in [6, 6.07) is 4.33. The number of aryl methyl sites for hydroxylation is 1. The van der Waals surface area contributed by atoms with Crippen molar-refractivity contribution in [2.45, 2.75) is 18.9 Å². The van der Waals surface area contributed by atoms with Crippen molar-refractivity contribution in [1.82, 2.24) is 29.6 Å². The summed E-state index contributed by atoms with van der Waals surface area (Å²) in [6.07, 6.45) is 7.95. The van der Waals surface area contributed by atoms with E-state index in [4.69, 9.17) is 9.97 Å². The van der Waals surface area contributed by atoms with Crippen molar-refractivity contribution in [2.75, 3.05) is 25.0 Å². The topological polar surface area (TPSA) is 71.8 Å². The van der Waals surface area contributed by atoms with Gasteiger partial charge in [-0.3, -0.25) is 9.67 Å². The standard InChI is InChI=1S/C18H21N7/c1-24-18-14(10-20-24)17(21-15-11-25-8-4-12(15)5-9-25)22-16(23-18)13-2-6-19-7-3-13/h2-3,6-7,10,12,15H,4-5,8-9,11H2,1H3,(H,21,22,23)/t15-/m1/s1. The average molecular weight is 335 g/mol. The number of pyridine rings is 1. The van der Waals surface area contributed by atoms with Crippen LogP contribution in [0.25, 0.3) is 22.4 Å². The van der Waals surface area contributed by atoms with Gasteiger partial charge in [-0.2, -0.15) is 5.10 Å². The molecule has 3 aromatic rings. The third-order valence-corrected chi connectivity index (χ3v) is 5.51. The fraction of sp³-hybridized carbons (Fsp3) is 0.444. The molecule has 7 nitrogen and oxygen atoms in total. The first-order valence-electron chi connectivity index (χ1n) is 8.87. The number of nitrogens with zero attached hydrogens (tertiary/aromatic N) is 6. The van der Waals surface area contributed by atoms with Crippen molar-refractivity contribution in [1.29, 1.82) is 0 Å². The quantitative estimate of drug-likeness (QED) is 0.788. The van der Waals surface area contributed by atoms with Gasteiger partial charge in [0.2, 0.25) is 0 Å². The van der Waals surface area contributed by atoms with Crippen molar-refractivity contribution in [3.63, 3.8) is 0 Å². The summed E-state index contributed by atoms with van der Waals surface area (Å²) in [5.41, 5.74) is 1.82. The monoisotopic (exact) mass is 335 g/mol. The fourth-order valence-corrected chi connectivity index (χ4v) is 4.07. The Morgan fingerprint density at radius 3 is 2.64 bits per heavy atom. The largest absolute Gasteiger partial charge is 0.365 e. The van der Waals surface area contributed by atoms with Crippen LogP contribution in [0.4, 0.5) is 5.82 Å². The zero-order valence-electron chi connectivity index (χ0n) is 14.3. The van der Waals surface area contributed by atoms with Gasteiger partial charge in [-0.1, -0.05) is 0 Å². The number of anilines is 1. The summed E-state index contributed by atoms with van der Waals surface area (Å²) in [5, 5.41) is 9.08. The van der Waals surface area contributed by atoms with Gasteiger partial charge in [-0.05, 0) is 44.0 Å². The van der Waals surface area contributed by atoms with E-state index in [2.05, 4.69) is 20.3 Å². The number of piperidine rings is 3. The van der Waals surface area contributed by atoms with Crippen LogP contribution >= 0.6 is 0 Å². The number of hydrogen-bond donors (Lipinski definition) is 1. The van der Waals surface area contributed by atoms with Crippen LogP contribution in [0.2, 0.25) is 0 Å². The highest BCUT2D eigenvalue weighted by Gasteiger charge is 2.34. The molecule has 25 heavy (non-hydrogen) atoms. The second-order valence-electron chi connectivity index (χ2n) is 7.03. The molecule has 1 atom stereocenters. The normalized spacial score (nSPS) is 25.4. The first kappa shape index (κ1) is 14.8. The predicted molar refractivity (Wildman–Crippen MR) is 96.1 cm³/mol. The van der Waals surface area contributed by atoms with Gasteiger partial charge in [-0.25, -0.2) is 9.97 Å². The lowest BCUT2D eigenvalue weighted by atomic mass is 9.84. The van der Waals surface area contributed by atoms with Gasteiger partial charge in [0, 0.05) is 37.6 Å². The van der Waals surface area contributed by atoms with Gasteiger partial charge in [-0.15, -0.1) is 0 Å². The Kier molecular flexibility index (Phi) is 3.41. The first-order valence-corrected chi connectivity index (χ1v) is 8.87. The molecule has 0 unspecified atom stereocenters. The lowest BCUT2D eigenvalue weighted by Gasteiger charge is -2.45. The fourth-order valence-electron chi connectivity index (χ4n) is 4.07. The number of rotatable bonds is 3. The van der Waals surface area contributed by atoms with Crippen LogP contribution in [-0.4, -0.2) is 55.3 Å². The lowest BCUT2D eigenvalue weighted by molar-refractivity contribution is 0.0974. The first-order chi connectivity index (χ1) is 12.3. The molecule has 6 heterocycles. The number of aromatic nitrogens is 5. The van der Waals surface area contributed by atoms with E-state index in [1.165, 1.54) is 25.9 Å². The molecule has 0 radical (unpaired) electrons. The SMILES string of the molecule is Cn1ncc2c(N[C@@H]3CN4CCC3CC4)nc(-c3ccncc3)nc21. The average Bonchev–Trinajstić information content (AvgIpc) is 3.05. The zero-order valence-corrected chi connectivity index (χ0v) is 14.3. The molecule has 2 bridgehead atoms. The summed E-state index contributed by atoms with van der Waals surface area (Å²) in [5.74, 6) is 2.34. The van der Waals surface area contributed by atoms with Crippen molar-refractivity contribution >= 4 is 16.9 Å². The molecular formula is C18H21N7. The van der Waals surface area contributed by atoms with Crippen LogP contribution in [0, 0.1) is 5.92 Å². The molecule has 128 valence electrons. The zero-order chi connectivity index (χ0) is 16.8.